The van der Waals surface area contributed by atoms with Crippen molar-refractivity contribution in [2.24, 2.45) is 0 Å². The molecule has 1 heterocycles. The molecule has 0 unspecified atom stereocenters. The highest BCUT2D eigenvalue weighted by molar-refractivity contribution is 5.78. The normalized spacial score (nSPS) is 16.1. The molecule has 2 rings (SSSR count). The molecule has 0 aromatic heterocycles. The van der Waals surface area contributed by atoms with Crippen LogP contribution < -0.4 is 10.5 Å². The Morgan fingerprint density at radius 3 is 2.79 bits per heavy atom. The van der Waals surface area contributed by atoms with Crippen LogP contribution in [-0.4, -0.2) is 43.7 Å². The summed E-state index contributed by atoms with van der Waals surface area (Å²) < 4.78 is 10.8. The maximum Gasteiger partial charge on any atom is 0.260 e. The summed E-state index contributed by atoms with van der Waals surface area (Å²) in [5, 5.41) is 0. The number of ether oxygens (including phenoxy) is 2. The van der Waals surface area contributed by atoms with E-state index in [1.54, 1.807) is 17.0 Å². The van der Waals surface area contributed by atoms with Gasteiger partial charge in [-0.25, -0.2) is 0 Å². The second kappa shape index (κ2) is 6.43. The van der Waals surface area contributed by atoms with Gasteiger partial charge in [-0.15, -0.1) is 0 Å². The van der Waals surface area contributed by atoms with Crippen LogP contribution in [-0.2, 0) is 9.53 Å². The van der Waals surface area contributed by atoms with E-state index in [9.17, 15) is 4.79 Å². The summed E-state index contributed by atoms with van der Waals surface area (Å²) in [7, 11) is 1.82. The first-order chi connectivity index (χ1) is 9.18. The first-order valence-corrected chi connectivity index (χ1v) is 6.49. The van der Waals surface area contributed by atoms with E-state index in [1.165, 1.54) is 0 Å². The van der Waals surface area contributed by atoms with E-state index >= 15 is 0 Å². The Labute approximate surface area is 113 Å². The Kier molecular flexibility index (Phi) is 4.63. The van der Waals surface area contributed by atoms with E-state index in [4.69, 9.17) is 15.2 Å². The van der Waals surface area contributed by atoms with Gasteiger partial charge in [-0.2, -0.15) is 0 Å². The fourth-order valence-corrected chi connectivity index (χ4v) is 2.13. The van der Waals surface area contributed by atoms with Crippen molar-refractivity contribution in [2.45, 2.75) is 18.9 Å². The molecule has 0 radical (unpaired) electrons. The Bertz CT molecular complexity index is 430. The number of carbonyl (C=O) groups is 1. The smallest absolute Gasteiger partial charge is 0.260 e. The van der Waals surface area contributed by atoms with Crippen LogP contribution in [0.5, 0.6) is 5.75 Å². The van der Waals surface area contributed by atoms with Crippen molar-refractivity contribution in [1.29, 1.82) is 0 Å². The van der Waals surface area contributed by atoms with E-state index < -0.39 is 0 Å². The highest BCUT2D eigenvalue weighted by Crippen LogP contribution is 2.20. The largest absolute Gasteiger partial charge is 0.482 e. The van der Waals surface area contributed by atoms with Crippen LogP contribution in [0.4, 0.5) is 5.69 Å². The second-order valence-electron chi connectivity index (χ2n) is 4.67. The molecule has 0 atom stereocenters. The lowest BCUT2D eigenvalue weighted by Gasteiger charge is -2.31. The van der Waals surface area contributed by atoms with Crippen LogP contribution in [0.3, 0.4) is 0 Å². The van der Waals surface area contributed by atoms with E-state index in [2.05, 4.69) is 0 Å². The number of nitrogens with two attached hydrogens (primary N) is 1. The number of amides is 1. The zero-order valence-electron chi connectivity index (χ0n) is 11.2. The van der Waals surface area contributed by atoms with Gasteiger partial charge in [0.15, 0.2) is 6.61 Å². The number of benzene rings is 1. The molecular formula is C14H20N2O3. The minimum absolute atomic E-state index is 0.0159. The monoisotopic (exact) mass is 264 g/mol. The van der Waals surface area contributed by atoms with E-state index in [-0.39, 0.29) is 18.6 Å². The van der Waals surface area contributed by atoms with Crippen LogP contribution in [0.2, 0.25) is 0 Å². The molecule has 1 amide bonds. The summed E-state index contributed by atoms with van der Waals surface area (Å²) >= 11 is 0. The van der Waals surface area contributed by atoms with Crippen molar-refractivity contribution in [1.82, 2.24) is 4.90 Å². The summed E-state index contributed by atoms with van der Waals surface area (Å²) in [6, 6.07) is 7.42. The fourth-order valence-electron chi connectivity index (χ4n) is 2.13. The predicted octanol–water partition coefficient (Wildman–Crippen LogP) is 1.28. The summed E-state index contributed by atoms with van der Waals surface area (Å²) in [5.41, 5.74) is 6.30. The number of para-hydroxylation sites is 2. The zero-order valence-corrected chi connectivity index (χ0v) is 11.2. The first-order valence-electron chi connectivity index (χ1n) is 6.49. The molecule has 19 heavy (non-hydrogen) atoms. The van der Waals surface area contributed by atoms with E-state index in [1.807, 2.05) is 19.2 Å². The van der Waals surface area contributed by atoms with Crippen molar-refractivity contribution < 1.29 is 14.3 Å². The zero-order chi connectivity index (χ0) is 13.7. The lowest BCUT2D eigenvalue weighted by Crippen LogP contribution is -2.42. The van der Waals surface area contributed by atoms with Gasteiger partial charge in [-0.05, 0) is 25.0 Å². The number of likely N-dealkylation sites (N-methyl/N-ethyl adjacent to an activating group) is 1. The molecule has 1 saturated heterocycles. The molecule has 5 heteroatoms. The molecule has 5 nitrogen and oxygen atoms in total. The summed E-state index contributed by atoms with van der Waals surface area (Å²) in [4.78, 5) is 13.8. The number of hydrogen-bond donors (Lipinski definition) is 1. The maximum atomic E-state index is 12.0. The minimum Gasteiger partial charge on any atom is -0.482 e. The Hall–Kier alpha value is -1.75. The van der Waals surface area contributed by atoms with Crippen molar-refractivity contribution in [2.75, 3.05) is 32.6 Å². The Morgan fingerprint density at radius 1 is 1.42 bits per heavy atom. The van der Waals surface area contributed by atoms with Crippen LogP contribution in [0, 0.1) is 0 Å². The minimum atomic E-state index is -0.0323. The van der Waals surface area contributed by atoms with Gasteiger partial charge in [-0.1, -0.05) is 12.1 Å². The summed E-state index contributed by atoms with van der Waals surface area (Å²) in [6.07, 6.45) is 1.77. The SMILES string of the molecule is CN(C(=O)COc1ccccc1N)C1CCOCC1. The standard InChI is InChI=1S/C14H20N2O3/c1-16(11-6-8-18-9-7-11)14(17)10-19-13-5-3-2-4-12(13)15/h2-5,11H,6-10,15H2,1H3. The van der Waals surface area contributed by atoms with Crippen molar-refractivity contribution in [3.8, 4) is 5.75 Å². The third kappa shape index (κ3) is 3.61. The van der Waals surface area contributed by atoms with Gasteiger partial charge >= 0.3 is 0 Å². The topological polar surface area (TPSA) is 64.8 Å². The quantitative estimate of drug-likeness (QED) is 0.832. The molecule has 2 N–H and O–H groups in total. The fraction of sp³-hybridized carbons (Fsp3) is 0.500. The molecular weight excluding hydrogens is 244 g/mol. The molecule has 1 aliphatic heterocycles. The number of rotatable bonds is 4. The lowest BCUT2D eigenvalue weighted by atomic mass is 10.1. The molecule has 104 valence electrons. The molecule has 0 saturated carbocycles. The average molecular weight is 264 g/mol. The number of nitrogen functional groups attached to an aromatic ring is 1. The number of anilines is 1. The summed E-state index contributed by atoms with van der Waals surface area (Å²) in [5.74, 6) is 0.520. The maximum absolute atomic E-state index is 12.0. The number of hydrogen-bond acceptors (Lipinski definition) is 4. The van der Waals surface area contributed by atoms with Crippen LogP contribution >= 0.6 is 0 Å². The highest BCUT2D eigenvalue weighted by Gasteiger charge is 2.22. The number of nitrogens with zero attached hydrogens (tertiary/aromatic N) is 1. The summed E-state index contributed by atoms with van der Waals surface area (Å²) in [6.45, 7) is 1.45. The first kappa shape index (κ1) is 13.7. The third-order valence-corrected chi connectivity index (χ3v) is 3.40. The number of carbonyl (C=O) groups excluding carboxylic acids is 1. The molecule has 1 fully saturated rings. The van der Waals surface area contributed by atoms with Gasteiger partial charge in [0.2, 0.25) is 0 Å². The lowest BCUT2D eigenvalue weighted by molar-refractivity contribution is -0.135. The molecule has 0 bridgehead atoms. The van der Waals surface area contributed by atoms with Crippen LogP contribution in [0.1, 0.15) is 12.8 Å². The van der Waals surface area contributed by atoms with Gasteiger partial charge in [-0.3, -0.25) is 4.79 Å². The van der Waals surface area contributed by atoms with Crippen molar-refractivity contribution in [3.63, 3.8) is 0 Å². The van der Waals surface area contributed by atoms with E-state index in [0.717, 1.165) is 26.1 Å². The Morgan fingerprint density at radius 2 is 2.11 bits per heavy atom. The van der Waals surface area contributed by atoms with Crippen molar-refractivity contribution >= 4 is 11.6 Å². The second-order valence-corrected chi connectivity index (χ2v) is 4.67. The molecule has 1 aliphatic rings. The Balaban J connectivity index is 1.85. The highest BCUT2D eigenvalue weighted by atomic mass is 16.5. The van der Waals surface area contributed by atoms with Gasteiger partial charge in [0.1, 0.15) is 5.75 Å². The van der Waals surface area contributed by atoms with E-state index in [0.29, 0.717) is 11.4 Å². The van der Waals surface area contributed by atoms with Crippen LogP contribution in [0.25, 0.3) is 0 Å². The predicted molar refractivity (Wildman–Crippen MR) is 73.0 cm³/mol. The molecule has 0 aliphatic carbocycles. The van der Waals surface area contributed by atoms with Gasteiger partial charge in [0, 0.05) is 26.3 Å². The van der Waals surface area contributed by atoms with Gasteiger partial charge in [0.05, 0.1) is 5.69 Å². The molecule has 1 aromatic carbocycles. The van der Waals surface area contributed by atoms with Gasteiger partial charge < -0.3 is 20.1 Å². The molecule has 0 spiro atoms. The third-order valence-electron chi connectivity index (χ3n) is 3.40. The van der Waals surface area contributed by atoms with Crippen molar-refractivity contribution in [3.05, 3.63) is 24.3 Å². The molecule has 1 aromatic rings. The average Bonchev–Trinajstić information content (AvgIpc) is 2.46. The van der Waals surface area contributed by atoms with Gasteiger partial charge in [0.25, 0.3) is 5.91 Å². The van der Waals surface area contributed by atoms with Crippen LogP contribution in [0.15, 0.2) is 24.3 Å².